The van der Waals surface area contributed by atoms with Crippen LogP contribution in [0.5, 0.6) is 0 Å². The van der Waals surface area contributed by atoms with E-state index in [4.69, 9.17) is 0 Å². The van der Waals surface area contributed by atoms with Gasteiger partial charge in [0.1, 0.15) is 0 Å². The highest BCUT2D eigenvalue weighted by Gasteiger charge is 2.29. The molecule has 2 nitrogen and oxygen atoms in total. The van der Waals surface area contributed by atoms with Crippen molar-refractivity contribution >= 4 is 11.8 Å². The Morgan fingerprint density at radius 3 is 1.97 bits per heavy atom. The first kappa shape index (κ1) is 22.9. The second-order valence-corrected chi connectivity index (χ2v) is 10.9. The van der Waals surface area contributed by atoms with E-state index >= 15 is 0 Å². The fourth-order valence-corrected chi connectivity index (χ4v) is 4.96. The Balaban J connectivity index is 1.60. The van der Waals surface area contributed by atoms with E-state index in [2.05, 4.69) is 142 Å². The lowest BCUT2D eigenvalue weighted by Crippen LogP contribution is -2.34. The second-order valence-electron chi connectivity index (χ2n) is 10.9. The Morgan fingerprint density at radius 2 is 1.36 bits per heavy atom. The molecule has 1 atom stereocenters. The molecule has 3 aromatic rings. The van der Waals surface area contributed by atoms with Crippen molar-refractivity contribution in [1.29, 1.82) is 0 Å². The number of nitrogens with zero attached hydrogens (tertiary/aromatic N) is 1. The van der Waals surface area contributed by atoms with Gasteiger partial charge >= 0.3 is 0 Å². The van der Waals surface area contributed by atoms with Gasteiger partial charge in [-0.3, -0.25) is 10.4 Å². The SMILES string of the molecule is CC(C)(C)CC(C)(C)c1ccc(N2NC(C=Cc3ccccc3)=CC2c2ccccc2)cc1. The Bertz CT molecular complexity index is 1100. The van der Waals surface area contributed by atoms with Crippen LogP contribution in [0.4, 0.5) is 5.69 Å². The van der Waals surface area contributed by atoms with Gasteiger partial charge < -0.3 is 0 Å². The number of anilines is 1. The molecule has 0 saturated carbocycles. The monoisotopic (exact) mass is 436 g/mol. The van der Waals surface area contributed by atoms with Gasteiger partial charge in [-0.1, -0.05) is 113 Å². The third-order valence-electron chi connectivity index (χ3n) is 6.16. The number of hydrazine groups is 1. The average molecular weight is 437 g/mol. The maximum atomic E-state index is 3.63. The molecule has 0 aliphatic carbocycles. The maximum absolute atomic E-state index is 3.63. The van der Waals surface area contributed by atoms with Crippen LogP contribution in [0.3, 0.4) is 0 Å². The van der Waals surface area contributed by atoms with E-state index in [1.54, 1.807) is 0 Å². The number of benzene rings is 3. The van der Waals surface area contributed by atoms with Crippen LogP contribution < -0.4 is 10.4 Å². The normalized spacial score (nSPS) is 16.7. The van der Waals surface area contributed by atoms with Crippen molar-refractivity contribution in [3.63, 3.8) is 0 Å². The first-order valence-corrected chi connectivity index (χ1v) is 11.9. The number of rotatable bonds is 6. The maximum Gasteiger partial charge on any atom is 0.0958 e. The fraction of sp³-hybridized carbons (Fsp3) is 0.290. The lowest BCUT2D eigenvalue weighted by molar-refractivity contribution is 0.284. The van der Waals surface area contributed by atoms with Crippen molar-refractivity contribution in [3.05, 3.63) is 119 Å². The van der Waals surface area contributed by atoms with Crippen LogP contribution >= 0.6 is 0 Å². The molecule has 170 valence electrons. The van der Waals surface area contributed by atoms with Crippen LogP contribution in [0.15, 0.2) is 103 Å². The lowest BCUT2D eigenvalue weighted by atomic mass is 9.72. The summed E-state index contributed by atoms with van der Waals surface area (Å²) in [5.41, 5.74) is 10.2. The van der Waals surface area contributed by atoms with Crippen molar-refractivity contribution in [3.8, 4) is 0 Å². The molecule has 0 aromatic heterocycles. The van der Waals surface area contributed by atoms with Gasteiger partial charge in [0.15, 0.2) is 0 Å². The molecule has 0 spiro atoms. The molecule has 1 N–H and O–H groups in total. The molecule has 0 fully saturated rings. The summed E-state index contributed by atoms with van der Waals surface area (Å²) in [5, 5.41) is 2.26. The minimum absolute atomic E-state index is 0.134. The van der Waals surface area contributed by atoms with E-state index < -0.39 is 0 Å². The minimum atomic E-state index is 0.134. The second kappa shape index (κ2) is 9.31. The van der Waals surface area contributed by atoms with Crippen molar-refractivity contribution in [2.24, 2.45) is 5.41 Å². The Labute approximate surface area is 199 Å². The molecule has 0 saturated heterocycles. The first-order chi connectivity index (χ1) is 15.7. The molecule has 4 rings (SSSR count). The summed E-state index contributed by atoms with van der Waals surface area (Å²) >= 11 is 0. The molecule has 0 amide bonds. The quantitative estimate of drug-likeness (QED) is 0.420. The number of allylic oxidation sites excluding steroid dienone is 1. The van der Waals surface area contributed by atoms with Gasteiger partial charge in [0.05, 0.1) is 17.4 Å². The van der Waals surface area contributed by atoms with E-state index in [-0.39, 0.29) is 11.5 Å². The summed E-state index contributed by atoms with van der Waals surface area (Å²) in [6.07, 6.45) is 7.75. The predicted molar refractivity (Wildman–Crippen MR) is 142 cm³/mol. The highest BCUT2D eigenvalue weighted by Crippen LogP contribution is 2.38. The number of hydrogen-bond acceptors (Lipinski definition) is 2. The molecule has 0 radical (unpaired) electrons. The van der Waals surface area contributed by atoms with E-state index in [9.17, 15) is 0 Å². The third-order valence-corrected chi connectivity index (χ3v) is 6.16. The van der Waals surface area contributed by atoms with E-state index in [1.165, 1.54) is 22.4 Å². The lowest BCUT2D eigenvalue weighted by Gasteiger charge is -2.33. The topological polar surface area (TPSA) is 15.3 Å². The standard InChI is InChI=1S/C31H36N2/c1-30(2,3)23-31(4,5)26-17-20-28(21-18-26)33-29(25-14-10-7-11-15-25)22-27(32-33)19-16-24-12-8-6-9-13-24/h6-22,29,32H,23H2,1-5H3. The van der Waals surface area contributed by atoms with Crippen LogP contribution in [-0.4, -0.2) is 0 Å². The smallest absolute Gasteiger partial charge is 0.0958 e. The molecular weight excluding hydrogens is 400 g/mol. The van der Waals surface area contributed by atoms with Crippen LogP contribution in [0.25, 0.3) is 6.08 Å². The summed E-state index contributed by atoms with van der Waals surface area (Å²) in [7, 11) is 0. The molecule has 1 aliphatic heterocycles. The number of hydrogen-bond donors (Lipinski definition) is 1. The molecule has 2 heteroatoms. The van der Waals surface area contributed by atoms with Gasteiger partial charge in [0, 0.05) is 0 Å². The van der Waals surface area contributed by atoms with Crippen LogP contribution in [0.2, 0.25) is 0 Å². The average Bonchev–Trinajstić information content (AvgIpc) is 3.22. The van der Waals surface area contributed by atoms with Crippen LogP contribution in [-0.2, 0) is 5.41 Å². The van der Waals surface area contributed by atoms with Crippen molar-refractivity contribution in [2.45, 2.75) is 52.5 Å². The van der Waals surface area contributed by atoms with Gasteiger partial charge in [-0.25, -0.2) is 0 Å². The molecule has 0 bridgehead atoms. The van der Waals surface area contributed by atoms with Crippen LogP contribution in [0, 0.1) is 5.41 Å². The Kier molecular flexibility index (Phi) is 6.47. The Morgan fingerprint density at radius 1 is 0.758 bits per heavy atom. The largest absolute Gasteiger partial charge is 0.298 e. The molecule has 1 heterocycles. The highest BCUT2D eigenvalue weighted by atomic mass is 15.5. The predicted octanol–water partition coefficient (Wildman–Crippen LogP) is 8.06. The zero-order valence-electron chi connectivity index (χ0n) is 20.5. The fourth-order valence-electron chi connectivity index (χ4n) is 4.96. The Hall–Kier alpha value is -3.26. The van der Waals surface area contributed by atoms with E-state index in [0.717, 1.165) is 12.1 Å². The van der Waals surface area contributed by atoms with Crippen molar-refractivity contribution in [1.82, 2.24) is 5.43 Å². The molecule has 1 aliphatic rings. The van der Waals surface area contributed by atoms with Gasteiger partial charge in [0.25, 0.3) is 0 Å². The molecule has 33 heavy (non-hydrogen) atoms. The molecular formula is C31H36N2. The third kappa shape index (κ3) is 5.76. The summed E-state index contributed by atoms with van der Waals surface area (Å²) in [4.78, 5) is 0. The summed E-state index contributed by atoms with van der Waals surface area (Å²) in [6.45, 7) is 11.7. The summed E-state index contributed by atoms with van der Waals surface area (Å²) < 4.78 is 0. The number of nitrogens with one attached hydrogen (secondary N) is 1. The van der Waals surface area contributed by atoms with Crippen LogP contribution in [0.1, 0.15) is 63.8 Å². The van der Waals surface area contributed by atoms with Gasteiger partial charge in [0.2, 0.25) is 0 Å². The van der Waals surface area contributed by atoms with Gasteiger partial charge in [-0.2, -0.15) is 0 Å². The highest BCUT2D eigenvalue weighted by molar-refractivity contribution is 5.58. The summed E-state index contributed by atoms with van der Waals surface area (Å²) in [5.74, 6) is 0. The van der Waals surface area contributed by atoms with Crippen molar-refractivity contribution in [2.75, 3.05) is 5.01 Å². The molecule has 3 aromatic carbocycles. The van der Waals surface area contributed by atoms with E-state index in [1.807, 2.05) is 6.07 Å². The first-order valence-electron chi connectivity index (χ1n) is 11.9. The van der Waals surface area contributed by atoms with Gasteiger partial charge in [-0.05, 0) is 58.2 Å². The van der Waals surface area contributed by atoms with Crippen molar-refractivity contribution < 1.29 is 0 Å². The van der Waals surface area contributed by atoms with E-state index in [0.29, 0.717) is 5.41 Å². The minimum Gasteiger partial charge on any atom is -0.298 e. The summed E-state index contributed by atoms with van der Waals surface area (Å²) in [6, 6.07) is 30.3. The zero-order valence-corrected chi connectivity index (χ0v) is 20.5. The van der Waals surface area contributed by atoms with Gasteiger partial charge in [-0.15, -0.1) is 0 Å². The zero-order chi connectivity index (χ0) is 23.5. The molecule has 1 unspecified atom stereocenters.